The van der Waals surface area contributed by atoms with Crippen LogP contribution in [0.1, 0.15) is 37.8 Å². The topological polar surface area (TPSA) is 126 Å². The maximum atomic E-state index is 14.7. The fraction of sp³-hybridized carbons (Fsp3) is 0.333. The largest absolute Gasteiger partial charge is 0.490 e. The number of anilines is 2. The lowest BCUT2D eigenvalue weighted by Gasteiger charge is -2.21. The van der Waals surface area contributed by atoms with Gasteiger partial charge in [-0.1, -0.05) is 12.5 Å². The third-order valence-corrected chi connectivity index (χ3v) is 5.06. The third kappa shape index (κ3) is 4.55. The summed E-state index contributed by atoms with van der Waals surface area (Å²) in [4.78, 5) is 8.05. The van der Waals surface area contributed by atoms with Crippen LogP contribution in [0.25, 0.3) is 11.3 Å². The van der Waals surface area contributed by atoms with Crippen LogP contribution in [0.3, 0.4) is 0 Å². The average Bonchev–Trinajstić information content (AvgIpc) is 3.09. The van der Waals surface area contributed by atoms with Gasteiger partial charge in [0.2, 0.25) is 0 Å². The molecule has 1 aliphatic rings. The molecule has 1 fully saturated rings. The van der Waals surface area contributed by atoms with Crippen molar-refractivity contribution in [1.29, 1.82) is 5.26 Å². The van der Waals surface area contributed by atoms with Crippen molar-refractivity contribution >= 4 is 11.6 Å². The Morgan fingerprint density at radius 1 is 1.20 bits per heavy atom. The molecule has 0 bridgehead atoms. The van der Waals surface area contributed by atoms with Gasteiger partial charge in [0.25, 0.3) is 0 Å². The fourth-order valence-corrected chi connectivity index (χ4v) is 3.60. The highest BCUT2D eigenvalue weighted by Crippen LogP contribution is 2.35. The maximum Gasteiger partial charge on any atom is 0.158 e. The molecule has 0 unspecified atom stereocenters. The molecule has 9 heteroatoms. The zero-order valence-electron chi connectivity index (χ0n) is 16.3. The number of aromatic nitrogens is 4. The number of nitriles is 1. The van der Waals surface area contributed by atoms with Crippen molar-refractivity contribution in [1.82, 2.24) is 20.2 Å². The molecule has 3 aromatic rings. The van der Waals surface area contributed by atoms with E-state index in [1.54, 1.807) is 18.2 Å². The molecule has 0 radical (unpaired) electrons. The Morgan fingerprint density at radius 2 is 2.07 bits per heavy atom. The number of rotatable bonds is 5. The lowest BCUT2D eigenvalue weighted by molar-refractivity contribution is 0.178. The molecule has 0 spiro atoms. The number of ether oxygens (including phenoxy) is 1. The van der Waals surface area contributed by atoms with Crippen LogP contribution in [0, 0.1) is 17.1 Å². The molecule has 0 aliphatic heterocycles. The fourth-order valence-electron chi connectivity index (χ4n) is 3.60. The van der Waals surface area contributed by atoms with Crippen LogP contribution < -0.4 is 15.8 Å². The van der Waals surface area contributed by atoms with Gasteiger partial charge in [0.1, 0.15) is 29.6 Å². The van der Waals surface area contributed by atoms with E-state index in [0.717, 1.165) is 32.1 Å². The quantitative estimate of drug-likeness (QED) is 0.551. The van der Waals surface area contributed by atoms with Crippen LogP contribution in [-0.4, -0.2) is 32.3 Å². The average molecular weight is 407 g/mol. The zero-order chi connectivity index (χ0) is 20.9. The number of hydrogen-bond acceptors (Lipinski definition) is 7. The third-order valence-electron chi connectivity index (χ3n) is 5.06. The van der Waals surface area contributed by atoms with Crippen LogP contribution >= 0.6 is 0 Å². The highest BCUT2D eigenvalue weighted by Gasteiger charge is 2.22. The highest BCUT2D eigenvalue weighted by molar-refractivity contribution is 5.71. The molecule has 4 rings (SSSR count). The molecule has 30 heavy (non-hydrogen) atoms. The van der Waals surface area contributed by atoms with Crippen molar-refractivity contribution in [3.63, 3.8) is 0 Å². The first-order chi connectivity index (χ1) is 14.6. The summed E-state index contributed by atoms with van der Waals surface area (Å²) in [5, 5.41) is 18.8. The van der Waals surface area contributed by atoms with E-state index < -0.39 is 5.82 Å². The predicted molar refractivity (Wildman–Crippen MR) is 109 cm³/mol. The Kier molecular flexibility index (Phi) is 5.86. The Balaban J connectivity index is 1.56. The molecule has 1 saturated carbocycles. The Morgan fingerprint density at radius 3 is 2.87 bits per heavy atom. The van der Waals surface area contributed by atoms with Gasteiger partial charge in [0.15, 0.2) is 11.5 Å². The summed E-state index contributed by atoms with van der Waals surface area (Å²) >= 11 is 0. The van der Waals surface area contributed by atoms with Crippen LogP contribution in [0.15, 0.2) is 36.7 Å². The number of nitrogens with zero attached hydrogens (tertiary/aromatic N) is 4. The second kappa shape index (κ2) is 8.88. The van der Waals surface area contributed by atoms with Gasteiger partial charge < -0.3 is 15.8 Å². The summed E-state index contributed by atoms with van der Waals surface area (Å²) < 4.78 is 20.9. The minimum absolute atomic E-state index is 0.0440. The normalized spacial score (nSPS) is 19.0. The second-order valence-electron chi connectivity index (χ2n) is 7.32. The Bertz CT molecular complexity index is 1040. The zero-order valence-corrected chi connectivity index (χ0v) is 16.3. The molecule has 154 valence electrons. The lowest BCUT2D eigenvalue weighted by atomic mass is 10.1. The Labute approximate surface area is 173 Å². The van der Waals surface area contributed by atoms with Gasteiger partial charge in [-0.15, -0.1) is 0 Å². The molecule has 1 aromatic carbocycles. The number of aromatic amines is 1. The summed E-state index contributed by atoms with van der Waals surface area (Å²) in [5.74, 6) is 0.917. The molecule has 4 N–H and O–H groups in total. The van der Waals surface area contributed by atoms with E-state index in [0.29, 0.717) is 28.6 Å². The van der Waals surface area contributed by atoms with Crippen molar-refractivity contribution in [2.45, 2.75) is 44.2 Å². The highest BCUT2D eigenvalue weighted by atomic mass is 19.1. The van der Waals surface area contributed by atoms with Gasteiger partial charge >= 0.3 is 0 Å². The molecule has 0 saturated heterocycles. The Hall–Kier alpha value is -3.51. The minimum atomic E-state index is -0.404. The van der Waals surface area contributed by atoms with E-state index in [-0.39, 0.29) is 17.8 Å². The van der Waals surface area contributed by atoms with Gasteiger partial charge in [0, 0.05) is 12.1 Å². The molecule has 2 aromatic heterocycles. The molecule has 2 heterocycles. The van der Waals surface area contributed by atoms with Crippen molar-refractivity contribution < 1.29 is 9.13 Å². The number of H-pyrrole nitrogens is 1. The van der Waals surface area contributed by atoms with Gasteiger partial charge in [0.05, 0.1) is 23.7 Å². The maximum absolute atomic E-state index is 14.7. The van der Waals surface area contributed by atoms with E-state index in [2.05, 4.69) is 25.5 Å². The number of halogens is 1. The first kappa shape index (κ1) is 19.8. The summed E-state index contributed by atoms with van der Waals surface area (Å²) in [6, 6.07) is 8.46. The predicted octanol–water partition coefficient (Wildman–Crippen LogP) is 3.66. The van der Waals surface area contributed by atoms with E-state index in [4.69, 9.17) is 15.7 Å². The van der Waals surface area contributed by atoms with Crippen molar-refractivity contribution in [2.75, 3.05) is 5.32 Å². The summed E-state index contributed by atoms with van der Waals surface area (Å²) in [5.41, 5.74) is 7.16. The van der Waals surface area contributed by atoms with Gasteiger partial charge in [-0.3, -0.25) is 5.10 Å². The number of nitrogens with one attached hydrogen (secondary N) is 2. The van der Waals surface area contributed by atoms with Crippen LogP contribution in [0.4, 0.5) is 16.0 Å². The second-order valence-corrected chi connectivity index (χ2v) is 7.32. The first-order valence-electron chi connectivity index (χ1n) is 9.88. The lowest BCUT2D eigenvalue weighted by Crippen LogP contribution is -2.27. The molecule has 0 amide bonds. The van der Waals surface area contributed by atoms with Gasteiger partial charge in [-0.25, -0.2) is 14.4 Å². The van der Waals surface area contributed by atoms with E-state index in [1.807, 2.05) is 6.07 Å². The summed E-state index contributed by atoms with van der Waals surface area (Å²) in [6.07, 6.45) is 7.52. The van der Waals surface area contributed by atoms with Crippen LogP contribution in [0.2, 0.25) is 0 Å². The summed E-state index contributed by atoms with van der Waals surface area (Å²) in [6.45, 7) is 0. The van der Waals surface area contributed by atoms with E-state index in [1.165, 1.54) is 18.5 Å². The van der Waals surface area contributed by atoms with Crippen LogP contribution in [-0.2, 0) is 0 Å². The van der Waals surface area contributed by atoms with E-state index >= 15 is 0 Å². The smallest absolute Gasteiger partial charge is 0.158 e. The number of hydrogen-bond donors (Lipinski definition) is 3. The summed E-state index contributed by atoms with van der Waals surface area (Å²) in [7, 11) is 0. The monoisotopic (exact) mass is 407 g/mol. The van der Waals surface area contributed by atoms with Crippen LogP contribution in [0.5, 0.6) is 5.75 Å². The molecule has 2 atom stereocenters. The van der Waals surface area contributed by atoms with Gasteiger partial charge in [-0.2, -0.15) is 10.4 Å². The van der Waals surface area contributed by atoms with Gasteiger partial charge in [-0.05, 0) is 37.8 Å². The molecular formula is C21H22FN7O. The molecule has 1 aliphatic carbocycles. The molecular weight excluding hydrogens is 385 g/mol. The minimum Gasteiger partial charge on any atom is -0.490 e. The SMILES string of the molecule is N#Cc1cnc(Nc2cc(-c3c(F)cccc3O[C@H]3CCCC[C@@H](N)C3)[nH]n2)cn1. The molecule has 8 nitrogen and oxygen atoms in total. The van der Waals surface area contributed by atoms with Crippen molar-refractivity contribution in [3.05, 3.63) is 48.2 Å². The van der Waals surface area contributed by atoms with Crippen molar-refractivity contribution in [3.8, 4) is 23.1 Å². The van der Waals surface area contributed by atoms with Crippen molar-refractivity contribution in [2.24, 2.45) is 5.73 Å². The number of benzene rings is 1. The number of nitrogens with two attached hydrogens (primary N) is 1. The standard InChI is InChI=1S/C21H22FN7O/c22-16-6-3-7-18(30-15-5-2-1-4-13(24)8-15)21(16)17-9-19(29-28-17)27-20-12-25-14(10-23)11-26-20/h3,6-7,9,11-13,15H,1-2,4-5,8,24H2,(H2,26,27,28,29)/t13-,15+/m1/s1. The van der Waals surface area contributed by atoms with E-state index in [9.17, 15) is 4.39 Å². The first-order valence-corrected chi connectivity index (χ1v) is 9.88.